The molecule has 3 unspecified atom stereocenters. The molecule has 23 heavy (non-hydrogen) atoms. The van der Waals surface area contributed by atoms with Gasteiger partial charge in [0.1, 0.15) is 0 Å². The standard InChI is InChI=1S/C13H16BrN3O4S.ClH/c14-9-2-4-12(17(18)19)13(5-9)22(20,21)16-6-8-1-3-11(15)10(8)7-16;/h2,4-5,8,10-11H,1,3,6-7,15H2;1H. The Morgan fingerprint density at radius 3 is 2.61 bits per heavy atom. The van der Waals surface area contributed by atoms with Gasteiger partial charge in [-0.2, -0.15) is 4.31 Å². The second kappa shape index (κ2) is 6.64. The Morgan fingerprint density at radius 1 is 1.30 bits per heavy atom. The van der Waals surface area contributed by atoms with Crippen molar-refractivity contribution in [3.05, 3.63) is 32.8 Å². The van der Waals surface area contributed by atoms with Crippen LogP contribution in [0.5, 0.6) is 0 Å². The Labute approximate surface area is 149 Å². The Hall–Kier alpha value is -0.740. The first-order chi connectivity index (χ1) is 10.3. The minimum absolute atomic E-state index is 0. The van der Waals surface area contributed by atoms with Gasteiger partial charge in [0.25, 0.3) is 5.69 Å². The van der Waals surface area contributed by atoms with Gasteiger partial charge < -0.3 is 5.73 Å². The van der Waals surface area contributed by atoms with Gasteiger partial charge in [-0.15, -0.1) is 12.4 Å². The molecule has 3 atom stereocenters. The highest BCUT2D eigenvalue weighted by molar-refractivity contribution is 9.10. The van der Waals surface area contributed by atoms with E-state index in [-0.39, 0.29) is 35.2 Å². The molecule has 7 nitrogen and oxygen atoms in total. The van der Waals surface area contributed by atoms with E-state index in [9.17, 15) is 18.5 Å². The zero-order valence-electron chi connectivity index (χ0n) is 12.1. The van der Waals surface area contributed by atoms with Crippen molar-refractivity contribution in [2.45, 2.75) is 23.8 Å². The summed E-state index contributed by atoms with van der Waals surface area (Å²) < 4.78 is 27.5. The highest BCUT2D eigenvalue weighted by atomic mass is 79.9. The van der Waals surface area contributed by atoms with E-state index in [0.717, 1.165) is 12.8 Å². The number of fused-ring (bicyclic) bond motifs is 1. The molecule has 1 aliphatic heterocycles. The molecule has 2 aliphatic rings. The van der Waals surface area contributed by atoms with E-state index in [0.29, 0.717) is 17.6 Å². The van der Waals surface area contributed by atoms with Crippen LogP contribution in [0.1, 0.15) is 12.8 Å². The van der Waals surface area contributed by atoms with Crippen molar-refractivity contribution in [2.24, 2.45) is 17.6 Å². The van der Waals surface area contributed by atoms with E-state index < -0.39 is 20.6 Å². The fourth-order valence-electron chi connectivity index (χ4n) is 3.45. The summed E-state index contributed by atoms with van der Waals surface area (Å²) in [6, 6.07) is 3.98. The van der Waals surface area contributed by atoms with Crippen LogP contribution in [-0.4, -0.2) is 36.8 Å². The number of nitro benzene ring substituents is 1. The van der Waals surface area contributed by atoms with E-state index in [1.807, 2.05) is 0 Å². The average Bonchev–Trinajstić information content (AvgIpc) is 3.01. The minimum Gasteiger partial charge on any atom is -0.327 e. The maximum absolute atomic E-state index is 12.8. The first-order valence-electron chi connectivity index (χ1n) is 7.00. The third-order valence-corrected chi connectivity index (χ3v) is 6.97. The van der Waals surface area contributed by atoms with Crippen LogP contribution in [0.2, 0.25) is 0 Å². The lowest BCUT2D eigenvalue weighted by atomic mass is 9.98. The number of nitrogens with two attached hydrogens (primary N) is 1. The monoisotopic (exact) mass is 425 g/mol. The Morgan fingerprint density at radius 2 is 2.00 bits per heavy atom. The normalized spacial score (nSPS) is 27.5. The van der Waals surface area contributed by atoms with E-state index >= 15 is 0 Å². The highest BCUT2D eigenvalue weighted by Crippen LogP contribution is 2.40. The summed E-state index contributed by atoms with van der Waals surface area (Å²) in [5, 5.41) is 11.1. The summed E-state index contributed by atoms with van der Waals surface area (Å²) >= 11 is 3.18. The highest BCUT2D eigenvalue weighted by Gasteiger charge is 2.46. The number of sulfonamides is 1. The SMILES string of the molecule is Cl.NC1CCC2CN(S(=O)(=O)c3cc(Br)ccc3[N+](=O)[O-])CC12. The lowest BCUT2D eigenvalue weighted by molar-refractivity contribution is -0.387. The van der Waals surface area contributed by atoms with Gasteiger partial charge in [0.05, 0.1) is 4.92 Å². The van der Waals surface area contributed by atoms with Crippen LogP contribution < -0.4 is 5.73 Å². The van der Waals surface area contributed by atoms with Crippen molar-refractivity contribution >= 4 is 44.0 Å². The predicted molar refractivity (Wildman–Crippen MR) is 91.0 cm³/mol. The van der Waals surface area contributed by atoms with Crippen molar-refractivity contribution in [3.8, 4) is 0 Å². The van der Waals surface area contributed by atoms with Crippen molar-refractivity contribution < 1.29 is 13.3 Å². The Balaban J connectivity index is 0.00000192. The van der Waals surface area contributed by atoms with Crippen LogP contribution in [0.4, 0.5) is 5.69 Å². The molecule has 1 saturated heterocycles. The second-order valence-electron chi connectivity index (χ2n) is 5.86. The zero-order chi connectivity index (χ0) is 16.1. The van der Waals surface area contributed by atoms with Gasteiger partial charge in [0.2, 0.25) is 10.0 Å². The first kappa shape index (κ1) is 18.6. The molecule has 1 aliphatic carbocycles. The third kappa shape index (κ3) is 3.25. The molecule has 2 N–H and O–H groups in total. The van der Waals surface area contributed by atoms with Crippen LogP contribution in [0.3, 0.4) is 0 Å². The Kier molecular flexibility index (Phi) is 5.37. The molecular weight excluding hydrogens is 410 g/mol. The largest absolute Gasteiger partial charge is 0.327 e. The molecule has 0 bridgehead atoms. The molecule has 0 aromatic heterocycles. The molecule has 10 heteroatoms. The van der Waals surface area contributed by atoms with Crippen LogP contribution in [0.25, 0.3) is 0 Å². The lowest BCUT2D eigenvalue weighted by Crippen LogP contribution is -2.33. The zero-order valence-corrected chi connectivity index (χ0v) is 15.3. The van der Waals surface area contributed by atoms with Crippen LogP contribution in [-0.2, 0) is 10.0 Å². The average molecular weight is 427 g/mol. The van der Waals surface area contributed by atoms with Gasteiger partial charge in [0, 0.05) is 29.7 Å². The summed E-state index contributed by atoms with van der Waals surface area (Å²) in [5.41, 5.74) is 5.63. The van der Waals surface area contributed by atoms with Gasteiger partial charge >= 0.3 is 0 Å². The quantitative estimate of drug-likeness (QED) is 0.588. The summed E-state index contributed by atoms with van der Waals surface area (Å²) in [7, 11) is -3.90. The van der Waals surface area contributed by atoms with Crippen LogP contribution in [0.15, 0.2) is 27.6 Å². The van der Waals surface area contributed by atoms with Crippen LogP contribution in [0, 0.1) is 22.0 Å². The van der Waals surface area contributed by atoms with Crippen molar-refractivity contribution in [3.63, 3.8) is 0 Å². The van der Waals surface area contributed by atoms with Crippen LogP contribution >= 0.6 is 28.3 Å². The smallest absolute Gasteiger partial charge is 0.289 e. The summed E-state index contributed by atoms with van der Waals surface area (Å²) in [6.07, 6.45) is 1.83. The Bertz CT molecular complexity index is 730. The number of nitrogens with zero attached hydrogens (tertiary/aromatic N) is 2. The summed E-state index contributed by atoms with van der Waals surface area (Å²) in [5.74, 6) is 0.414. The molecule has 1 heterocycles. The van der Waals surface area contributed by atoms with E-state index in [2.05, 4.69) is 15.9 Å². The predicted octanol–water partition coefficient (Wildman–Crippen LogP) is 2.14. The fraction of sp³-hybridized carbons (Fsp3) is 0.538. The van der Waals surface area contributed by atoms with E-state index in [4.69, 9.17) is 5.73 Å². The molecule has 128 valence electrons. The molecule has 2 fully saturated rings. The number of benzene rings is 1. The maximum Gasteiger partial charge on any atom is 0.289 e. The molecule has 1 saturated carbocycles. The van der Waals surface area contributed by atoms with Gasteiger partial charge in [0.15, 0.2) is 4.90 Å². The number of hydrogen-bond donors (Lipinski definition) is 1. The van der Waals surface area contributed by atoms with Crippen molar-refractivity contribution in [2.75, 3.05) is 13.1 Å². The lowest BCUT2D eigenvalue weighted by Gasteiger charge is -2.18. The summed E-state index contributed by atoms with van der Waals surface area (Å²) in [6.45, 7) is 0.738. The molecule has 1 aromatic rings. The second-order valence-corrected chi connectivity index (χ2v) is 8.68. The number of rotatable bonds is 3. The minimum atomic E-state index is -3.90. The molecule has 3 rings (SSSR count). The summed E-state index contributed by atoms with van der Waals surface area (Å²) in [4.78, 5) is 10.2. The van der Waals surface area contributed by atoms with Crippen molar-refractivity contribution in [1.29, 1.82) is 0 Å². The molecule has 1 aromatic carbocycles. The van der Waals surface area contributed by atoms with E-state index in [1.165, 1.54) is 22.5 Å². The number of halogens is 2. The fourth-order valence-corrected chi connectivity index (χ4v) is 5.68. The number of nitro groups is 1. The molecular formula is C13H17BrClN3O4S. The molecule has 0 radical (unpaired) electrons. The van der Waals surface area contributed by atoms with Gasteiger partial charge in [-0.25, -0.2) is 8.42 Å². The number of hydrogen-bond acceptors (Lipinski definition) is 5. The van der Waals surface area contributed by atoms with Gasteiger partial charge in [-0.1, -0.05) is 15.9 Å². The maximum atomic E-state index is 12.8. The van der Waals surface area contributed by atoms with E-state index in [1.54, 1.807) is 0 Å². The van der Waals surface area contributed by atoms with Gasteiger partial charge in [-0.3, -0.25) is 10.1 Å². The third-order valence-electron chi connectivity index (χ3n) is 4.62. The van der Waals surface area contributed by atoms with Crippen molar-refractivity contribution in [1.82, 2.24) is 4.31 Å². The topological polar surface area (TPSA) is 107 Å². The first-order valence-corrected chi connectivity index (χ1v) is 9.23. The molecule has 0 spiro atoms. The molecule has 0 amide bonds. The van der Waals surface area contributed by atoms with Gasteiger partial charge in [-0.05, 0) is 36.8 Å².